The number of hydrogen-bond donors (Lipinski definition) is 0. The first-order valence-electron chi connectivity index (χ1n) is 10.8. The van der Waals surface area contributed by atoms with E-state index in [1.54, 1.807) is 12.4 Å². The van der Waals surface area contributed by atoms with Gasteiger partial charge in [-0.3, -0.25) is 4.98 Å². The zero-order valence-corrected chi connectivity index (χ0v) is 18.9. The molecule has 0 amide bonds. The van der Waals surface area contributed by atoms with Crippen molar-refractivity contribution in [3.05, 3.63) is 30.6 Å². The Morgan fingerprint density at radius 1 is 0.520 bits per heavy atom. The van der Waals surface area contributed by atoms with Crippen LogP contribution in [0.25, 0.3) is 0 Å². The molecular formula is C23H42IN. The highest BCUT2D eigenvalue weighted by Gasteiger charge is 1.94. The minimum absolute atomic E-state index is 1.34. The van der Waals surface area contributed by atoms with E-state index in [0.29, 0.717) is 0 Å². The number of nitrogens with zero attached hydrogens (tertiary/aromatic N) is 1. The molecule has 0 radical (unpaired) electrons. The summed E-state index contributed by atoms with van der Waals surface area (Å²) in [5.74, 6) is 0. The molecule has 1 aromatic rings. The predicted octanol–water partition coefficient (Wildman–Crippen LogP) is 8.76. The minimum Gasteiger partial charge on any atom is -0.265 e. The molecular weight excluding hydrogens is 417 g/mol. The van der Waals surface area contributed by atoms with E-state index in [4.69, 9.17) is 0 Å². The van der Waals surface area contributed by atoms with E-state index >= 15 is 0 Å². The first kappa shape index (κ1) is 24.9. The average molecular weight is 459 g/mol. The third-order valence-corrected chi connectivity index (χ3v) is 5.32. The van der Waals surface area contributed by atoms with E-state index in [1.165, 1.54) is 107 Å². The van der Waals surface area contributed by atoms with Crippen LogP contribution in [0.3, 0.4) is 0 Å². The van der Waals surface area contributed by atoms with Gasteiger partial charge in [0.25, 0.3) is 0 Å². The third-order valence-electron chi connectivity index (χ3n) is 4.55. The van der Waals surface area contributed by atoms with E-state index in [0.717, 1.165) is 0 Å². The molecule has 0 atom stereocenters. The van der Waals surface area contributed by atoms with Crippen molar-refractivity contribution in [1.82, 2.24) is 4.98 Å². The van der Waals surface area contributed by atoms with Gasteiger partial charge < -0.3 is 0 Å². The zero-order chi connectivity index (χ0) is 18.3. The Morgan fingerprint density at radius 2 is 0.880 bits per heavy atom. The number of alkyl halides is 1. The summed E-state index contributed by atoms with van der Waals surface area (Å²) in [5, 5.41) is 0. The summed E-state index contributed by atoms with van der Waals surface area (Å²) in [5.41, 5.74) is 0. The molecule has 0 aliphatic heterocycles. The second-order valence-electron chi connectivity index (χ2n) is 7.02. The Labute approximate surface area is 171 Å². The van der Waals surface area contributed by atoms with E-state index < -0.39 is 0 Å². The van der Waals surface area contributed by atoms with Crippen molar-refractivity contribution in [2.24, 2.45) is 0 Å². The van der Waals surface area contributed by atoms with Crippen LogP contribution in [0.15, 0.2) is 30.6 Å². The molecule has 0 saturated carbocycles. The molecule has 0 aromatic carbocycles. The second kappa shape index (κ2) is 23.9. The fraction of sp³-hybridized carbons (Fsp3) is 0.783. The highest BCUT2D eigenvalue weighted by atomic mass is 127. The van der Waals surface area contributed by atoms with Crippen molar-refractivity contribution in [1.29, 1.82) is 0 Å². The highest BCUT2D eigenvalue weighted by molar-refractivity contribution is 14.1. The van der Waals surface area contributed by atoms with Crippen LogP contribution in [-0.4, -0.2) is 9.41 Å². The smallest absolute Gasteiger partial charge is 0.0267 e. The molecule has 0 spiro atoms. The molecule has 0 aliphatic carbocycles. The number of unbranched alkanes of at least 4 members (excludes halogenated alkanes) is 15. The summed E-state index contributed by atoms with van der Waals surface area (Å²) in [6.07, 6.45) is 27.0. The van der Waals surface area contributed by atoms with E-state index in [1.807, 2.05) is 18.2 Å². The van der Waals surface area contributed by atoms with Crippen molar-refractivity contribution in [3.63, 3.8) is 0 Å². The quantitative estimate of drug-likeness (QED) is 0.137. The lowest BCUT2D eigenvalue weighted by Gasteiger charge is -2.03. The molecule has 146 valence electrons. The monoisotopic (exact) mass is 459 g/mol. The molecule has 1 aromatic heterocycles. The standard InChI is InChI=1S/C18H37I.C5H5N/c1-2-3-4-5-6-7-8-9-10-11-12-13-14-15-16-17-18-19;1-2-4-6-5-3-1/h2-18H2,1H3;1-5H. The van der Waals surface area contributed by atoms with Crippen LogP contribution in [0.5, 0.6) is 0 Å². The normalized spacial score (nSPS) is 10.3. The van der Waals surface area contributed by atoms with Crippen molar-refractivity contribution < 1.29 is 0 Å². The molecule has 0 aliphatic rings. The lowest BCUT2D eigenvalue weighted by Crippen LogP contribution is -1.83. The van der Waals surface area contributed by atoms with Crippen molar-refractivity contribution in [2.45, 2.75) is 110 Å². The van der Waals surface area contributed by atoms with E-state index in [2.05, 4.69) is 34.5 Å². The summed E-state index contributed by atoms with van der Waals surface area (Å²) in [7, 11) is 0. The topological polar surface area (TPSA) is 12.9 Å². The van der Waals surface area contributed by atoms with Crippen LogP contribution in [0.1, 0.15) is 110 Å². The lowest BCUT2D eigenvalue weighted by atomic mass is 10.0. The fourth-order valence-electron chi connectivity index (χ4n) is 2.96. The summed E-state index contributed by atoms with van der Waals surface area (Å²) < 4.78 is 1.34. The van der Waals surface area contributed by atoms with Crippen molar-refractivity contribution >= 4 is 22.6 Å². The van der Waals surface area contributed by atoms with Gasteiger partial charge in [-0.15, -0.1) is 0 Å². The molecule has 25 heavy (non-hydrogen) atoms. The maximum atomic E-state index is 3.78. The van der Waals surface area contributed by atoms with E-state index in [-0.39, 0.29) is 0 Å². The van der Waals surface area contributed by atoms with Crippen LogP contribution in [0.4, 0.5) is 0 Å². The van der Waals surface area contributed by atoms with Gasteiger partial charge in [-0.1, -0.05) is 132 Å². The van der Waals surface area contributed by atoms with Gasteiger partial charge in [0.1, 0.15) is 0 Å². The average Bonchev–Trinajstić information content (AvgIpc) is 2.67. The number of halogens is 1. The number of rotatable bonds is 16. The molecule has 0 saturated heterocycles. The van der Waals surface area contributed by atoms with Gasteiger partial charge in [-0.25, -0.2) is 0 Å². The van der Waals surface area contributed by atoms with Gasteiger partial charge >= 0.3 is 0 Å². The number of hydrogen-bond acceptors (Lipinski definition) is 1. The van der Waals surface area contributed by atoms with E-state index in [9.17, 15) is 0 Å². The maximum absolute atomic E-state index is 3.78. The molecule has 1 nitrogen and oxygen atoms in total. The van der Waals surface area contributed by atoms with Crippen LogP contribution in [-0.2, 0) is 0 Å². The Hall–Kier alpha value is -0.120. The van der Waals surface area contributed by atoms with Crippen LogP contribution in [0.2, 0.25) is 0 Å². The van der Waals surface area contributed by atoms with Crippen LogP contribution >= 0.6 is 22.6 Å². The van der Waals surface area contributed by atoms with Gasteiger partial charge in [-0.2, -0.15) is 0 Å². The molecule has 0 fully saturated rings. The molecule has 2 heteroatoms. The summed E-state index contributed by atoms with van der Waals surface area (Å²) in [4.78, 5) is 3.78. The Balaban J connectivity index is 0.000000796. The number of pyridine rings is 1. The first-order valence-corrected chi connectivity index (χ1v) is 12.3. The predicted molar refractivity (Wildman–Crippen MR) is 123 cm³/mol. The third kappa shape index (κ3) is 23.9. The molecule has 0 bridgehead atoms. The molecule has 1 rings (SSSR count). The first-order chi connectivity index (χ1) is 12.4. The Kier molecular flexibility index (Phi) is 23.8. The van der Waals surface area contributed by atoms with Gasteiger partial charge in [-0.05, 0) is 23.0 Å². The van der Waals surface area contributed by atoms with Crippen molar-refractivity contribution in [3.8, 4) is 0 Å². The molecule has 0 unspecified atom stereocenters. The van der Waals surface area contributed by atoms with Gasteiger partial charge in [0.15, 0.2) is 0 Å². The summed E-state index contributed by atoms with van der Waals surface area (Å²) >= 11 is 2.49. The molecule has 1 heterocycles. The SMILES string of the molecule is CCCCCCCCCCCCCCCCCCI.c1ccncc1. The largest absolute Gasteiger partial charge is 0.265 e. The second-order valence-corrected chi connectivity index (χ2v) is 8.10. The van der Waals surface area contributed by atoms with Crippen LogP contribution < -0.4 is 0 Å². The highest BCUT2D eigenvalue weighted by Crippen LogP contribution is 2.13. The van der Waals surface area contributed by atoms with Gasteiger partial charge in [0.2, 0.25) is 0 Å². The number of aromatic nitrogens is 1. The van der Waals surface area contributed by atoms with Gasteiger partial charge in [0, 0.05) is 12.4 Å². The summed E-state index contributed by atoms with van der Waals surface area (Å²) in [6, 6.07) is 5.72. The molecule has 0 N–H and O–H groups in total. The zero-order valence-electron chi connectivity index (χ0n) is 16.7. The van der Waals surface area contributed by atoms with Crippen LogP contribution in [0, 0.1) is 0 Å². The fourth-order valence-corrected chi connectivity index (χ4v) is 3.49. The minimum atomic E-state index is 1.34. The van der Waals surface area contributed by atoms with Gasteiger partial charge in [0.05, 0.1) is 0 Å². The maximum Gasteiger partial charge on any atom is 0.0267 e. The Morgan fingerprint density at radius 3 is 1.12 bits per heavy atom. The Bertz CT molecular complexity index is 272. The summed E-state index contributed by atoms with van der Waals surface area (Å²) in [6.45, 7) is 2.30. The lowest BCUT2D eigenvalue weighted by molar-refractivity contribution is 0.532. The van der Waals surface area contributed by atoms with Crippen molar-refractivity contribution in [2.75, 3.05) is 4.43 Å².